The molecule has 0 radical (unpaired) electrons. The van der Waals surface area contributed by atoms with Crippen LogP contribution < -0.4 is 4.74 Å². The van der Waals surface area contributed by atoms with Crippen LogP contribution in [0.4, 0.5) is 0 Å². The van der Waals surface area contributed by atoms with Crippen molar-refractivity contribution in [2.75, 3.05) is 32.8 Å². The lowest BCUT2D eigenvalue weighted by Crippen LogP contribution is -2.52. The minimum Gasteiger partial charge on any atom is -0.484 e. The van der Waals surface area contributed by atoms with Crippen molar-refractivity contribution < 1.29 is 14.3 Å². The number of aromatic nitrogens is 1. The number of carbonyl (C=O) groups excluding carboxylic acids is 2. The molecular formula is C23H25N3O3. The van der Waals surface area contributed by atoms with Crippen LogP contribution in [0.2, 0.25) is 0 Å². The largest absolute Gasteiger partial charge is 0.484 e. The normalized spacial score (nSPS) is 14.2. The maximum Gasteiger partial charge on any atom is 0.260 e. The molecule has 1 aliphatic heterocycles. The quantitative estimate of drug-likeness (QED) is 0.727. The Morgan fingerprint density at radius 1 is 0.966 bits per heavy atom. The Kier molecular flexibility index (Phi) is 5.51. The van der Waals surface area contributed by atoms with E-state index in [1.165, 1.54) is 0 Å². The van der Waals surface area contributed by atoms with Crippen molar-refractivity contribution in [3.63, 3.8) is 0 Å². The first-order valence-corrected chi connectivity index (χ1v) is 9.90. The van der Waals surface area contributed by atoms with Gasteiger partial charge in [-0.25, -0.2) is 0 Å². The molecule has 150 valence electrons. The Morgan fingerprint density at radius 3 is 2.45 bits per heavy atom. The molecule has 0 spiro atoms. The maximum atomic E-state index is 12.7. The van der Waals surface area contributed by atoms with Crippen molar-refractivity contribution in [3.8, 4) is 5.75 Å². The third kappa shape index (κ3) is 4.42. The van der Waals surface area contributed by atoms with Gasteiger partial charge >= 0.3 is 0 Å². The third-order valence-corrected chi connectivity index (χ3v) is 5.35. The molecular weight excluding hydrogens is 366 g/mol. The zero-order valence-corrected chi connectivity index (χ0v) is 16.6. The maximum absolute atomic E-state index is 12.7. The van der Waals surface area contributed by atoms with Crippen molar-refractivity contribution in [3.05, 3.63) is 65.9 Å². The van der Waals surface area contributed by atoms with Crippen molar-refractivity contribution >= 4 is 22.7 Å². The van der Waals surface area contributed by atoms with Crippen molar-refractivity contribution in [2.45, 2.75) is 13.3 Å². The first kappa shape index (κ1) is 19.1. The summed E-state index contributed by atoms with van der Waals surface area (Å²) >= 11 is 0. The first-order valence-electron chi connectivity index (χ1n) is 9.90. The van der Waals surface area contributed by atoms with Crippen LogP contribution in [0.3, 0.4) is 0 Å². The average Bonchev–Trinajstić information content (AvgIpc) is 3.15. The summed E-state index contributed by atoms with van der Waals surface area (Å²) in [6.45, 7) is 4.19. The fourth-order valence-corrected chi connectivity index (χ4v) is 3.70. The molecule has 2 heterocycles. The number of H-pyrrole nitrogens is 1. The zero-order valence-electron chi connectivity index (χ0n) is 16.6. The van der Waals surface area contributed by atoms with Gasteiger partial charge in [-0.1, -0.05) is 30.3 Å². The van der Waals surface area contributed by atoms with Crippen LogP contribution in [0.15, 0.2) is 54.7 Å². The van der Waals surface area contributed by atoms with Crippen LogP contribution in [0.1, 0.15) is 11.1 Å². The lowest BCUT2D eigenvalue weighted by atomic mass is 10.1. The minimum absolute atomic E-state index is 0.0206. The van der Waals surface area contributed by atoms with Crippen molar-refractivity contribution in [1.82, 2.24) is 14.8 Å². The van der Waals surface area contributed by atoms with Crippen LogP contribution in [0.25, 0.3) is 10.9 Å². The molecule has 0 aliphatic carbocycles. The highest BCUT2D eigenvalue weighted by Gasteiger charge is 2.24. The van der Waals surface area contributed by atoms with E-state index in [1.807, 2.05) is 66.6 Å². The number of hydrogen-bond acceptors (Lipinski definition) is 3. The molecule has 6 heteroatoms. The molecule has 1 N–H and O–H groups in total. The van der Waals surface area contributed by atoms with Crippen LogP contribution in [-0.2, 0) is 16.0 Å². The van der Waals surface area contributed by atoms with Gasteiger partial charge in [0.1, 0.15) is 5.75 Å². The van der Waals surface area contributed by atoms with E-state index in [0.717, 1.165) is 22.0 Å². The van der Waals surface area contributed by atoms with E-state index >= 15 is 0 Å². The second-order valence-corrected chi connectivity index (χ2v) is 7.40. The Hall–Kier alpha value is -3.28. The van der Waals surface area contributed by atoms with Gasteiger partial charge in [0.25, 0.3) is 5.91 Å². The highest BCUT2D eigenvalue weighted by Crippen LogP contribution is 2.19. The van der Waals surface area contributed by atoms with E-state index < -0.39 is 0 Å². The van der Waals surface area contributed by atoms with Gasteiger partial charge in [-0.15, -0.1) is 0 Å². The number of benzene rings is 2. The minimum atomic E-state index is -0.0461. The standard InChI is InChI=1S/C23H25N3O3/c1-17-5-4-6-19(13-17)29-16-23(28)26-11-9-25(10-12-26)22(27)14-18-15-24-21-8-3-2-7-20(18)21/h2-8,13,15,24H,9-12,14,16H2,1H3. The van der Waals surface area contributed by atoms with Gasteiger partial charge in [-0.05, 0) is 36.2 Å². The van der Waals surface area contributed by atoms with Crippen LogP contribution in [0, 0.1) is 6.92 Å². The Bertz CT molecular complexity index is 1020. The molecule has 3 aromatic rings. The van der Waals surface area contributed by atoms with Gasteiger partial charge in [-0.3, -0.25) is 9.59 Å². The number of para-hydroxylation sites is 1. The summed E-state index contributed by atoms with van der Waals surface area (Å²) in [4.78, 5) is 32.0. The number of aryl methyl sites for hydroxylation is 1. The smallest absolute Gasteiger partial charge is 0.260 e. The molecule has 1 fully saturated rings. The van der Waals surface area contributed by atoms with Crippen molar-refractivity contribution in [2.24, 2.45) is 0 Å². The third-order valence-electron chi connectivity index (χ3n) is 5.35. The summed E-state index contributed by atoms with van der Waals surface area (Å²) < 4.78 is 5.61. The number of nitrogens with zero attached hydrogens (tertiary/aromatic N) is 2. The SMILES string of the molecule is Cc1cccc(OCC(=O)N2CCN(C(=O)Cc3c[nH]c4ccccc34)CC2)c1. The predicted octanol–water partition coefficient (Wildman–Crippen LogP) is 2.77. The number of rotatable bonds is 5. The Labute approximate surface area is 170 Å². The summed E-state index contributed by atoms with van der Waals surface area (Å²) in [7, 11) is 0. The topological polar surface area (TPSA) is 65.6 Å². The number of carbonyl (C=O) groups is 2. The fraction of sp³-hybridized carbons (Fsp3) is 0.304. The number of amides is 2. The molecule has 2 amide bonds. The summed E-state index contributed by atoms with van der Waals surface area (Å²) in [5.74, 6) is 0.749. The summed E-state index contributed by atoms with van der Waals surface area (Å²) in [5.41, 5.74) is 3.15. The van der Waals surface area contributed by atoms with E-state index in [4.69, 9.17) is 4.74 Å². The summed E-state index contributed by atoms with van der Waals surface area (Å²) in [6.07, 6.45) is 2.28. The molecule has 2 aromatic carbocycles. The second-order valence-electron chi connectivity index (χ2n) is 7.40. The number of aromatic amines is 1. The molecule has 0 saturated carbocycles. The van der Waals surface area contributed by atoms with Crippen LogP contribution in [-0.4, -0.2) is 59.4 Å². The number of hydrogen-bond donors (Lipinski definition) is 1. The van der Waals surface area contributed by atoms with Gasteiger partial charge in [0.2, 0.25) is 5.91 Å². The number of fused-ring (bicyclic) bond motifs is 1. The van der Waals surface area contributed by atoms with E-state index in [0.29, 0.717) is 38.3 Å². The monoisotopic (exact) mass is 391 g/mol. The van der Waals surface area contributed by atoms with Gasteiger partial charge in [-0.2, -0.15) is 0 Å². The van der Waals surface area contributed by atoms with E-state index in [9.17, 15) is 9.59 Å². The van der Waals surface area contributed by atoms with Crippen LogP contribution >= 0.6 is 0 Å². The molecule has 1 aliphatic rings. The van der Waals surface area contributed by atoms with Crippen LogP contribution in [0.5, 0.6) is 5.75 Å². The first-order chi connectivity index (χ1) is 14.1. The second kappa shape index (κ2) is 8.39. The molecule has 1 saturated heterocycles. The molecule has 6 nitrogen and oxygen atoms in total. The van der Waals surface area contributed by atoms with Gasteiger partial charge in [0.15, 0.2) is 6.61 Å². The Morgan fingerprint density at radius 2 is 1.69 bits per heavy atom. The molecule has 1 aromatic heterocycles. The van der Waals surface area contributed by atoms with E-state index in [1.54, 1.807) is 4.90 Å². The summed E-state index contributed by atoms with van der Waals surface area (Å²) in [5, 5.41) is 1.09. The molecule has 4 rings (SSSR count). The Balaban J connectivity index is 1.27. The van der Waals surface area contributed by atoms with Crippen molar-refractivity contribution in [1.29, 1.82) is 0 Å². The molecule has 0 atom stereocenters. The lowest BCUT2D eigenvalue weighted by Gasteiger charge is -2.34. The highest BCUT2D eigenvalue weighted by atomic mass is 16.5. The zero-order chi connectivity index (χ0) is 20.2. The summed E-state index contributed by atoms with van der Waals surface area (Å²) in [6, 6.07) is 15.6. The number of piperazine rings is 1. The number of nitrogens with one attached hydrogen (secondary N) is 1. The average molecular weight is 391 g/mol. The molecule has 0 bridgehead atoms. The fourth-order valence-electron chi connectivity index (χ4n) is 3.70. The van der Waals surface area contributed by atoms with Gasteiger partial charge in [0, 0.05) is 43.3 Å². The molecule has 29 heavy (non-hydrogen) atoms. The lowest BCUT2D eigenvalue weighted by molar-refractivity contribution is -0.140. The van der Waals surface area contributed by atoms with Gasteiger partial charge in [0.05, 0.1) is 6.42 Å². The van der Waals surface area contributed by atoms with E-state index in [-0.39, 0.29) is 18.4 Å². The number of ether oxygens (including phenoxy) is 1. The van der Waals surface area contributed by atoms with Gasteiger partial charge < -0.3 is 19.5 Å². The molecule has 0 unspecified atom stereocenters. The van der Waals surface area contributed by atoms with E-state index in [2.05, 4.69) is 4.98 Å². The highest BCUT2D eigenvalue weighted by molar-refractivity contribution is 5.89. The predicted molar refractivity (Wildman–Crippen MR) is 112 cm³/mol.